The van der Waals surface area contributed by atoms with E-state index in [2.05, 4.69) is 233 Å². The molecule has 0 spiro atoms. The number of benzene rings is 8. The van der Waals surface area contributed by atoms with Crippen LogP contribution < -0.4 is 104 Å². The predicted octanol–water partition coefficient (Wildman–Crippen LogP) is -19.9. The van der Waals surface area contributed by atoms with E-state index in [-0.39, 0.29) is 0 Å². The summed E-state index contributed by atoms with van der Waals surface area (Å²) in [5.74, 6) is 1.96. The first-order valence-electron chi connectivity index (χ1n) is 26.7. The maximum atomic E-state index is 6.93. The first kappa shape index (κ1) is 50.7. The molecule has 11 rings (SSSR count). The Kier molecular flexibility index (Phi) is 12.5. The second-order valence-electron chi connectivity index (χ2n) is 22.1. The monoisotopic (exact) mass is 945 g/mol. The standard InChI is InChI=1S/C51H51B19N4O/c52-25-21-22-28(55)33(60)38(65)43(70)48(22)75-47(21)42(69)30(57)23(25)50-71-49(18-11-5-10-17(13-18)16-9-4-8-15(12-16)14-6-2-1-3-7-14)72-51(73-50)24-29(56)26(53)19-20-27(54)32(59)35(62)39(66)45(20)74(44(19)31(24)58)46-40(67)36(63)34(61)37(64)41(46)68/h1-13H,52-70H2. The van der Waals surface area contributed by atoms with Crippen LogP contribution in [0.15, 0.2) is 83.3 Å². The fourth-order valence-corrected chi connectivity index (χ4v) is 12.9. The largest absolute Gasteiger partial charge is 0.457 e. The predicted molar refractivity (Wildman–Crippen MR) is 384 cm³/mol. The van der Waals surface area contributed by atoms with Crippen molar-refractivity contribution in [1.29, 1.82) is 0 Å². The summed E-state index contributed by atoms with van der Waals surface area (Å²) in [6.07, 6.45) is 0. The van der Waals surface area contributed by atoms with Crippen LogP contribution in [-0.4, -0.2) is 169 Å². The normalized spacial score (nSPS) is 11.7. The van der Waals surface area contributed by atoms with Crippen LogP contribution in [0.3, 0.4) is 0 Å². The van der Waals surface area contributed by atoms with Gasteiger partial charge in [0.25, 0.3) is 0 Å². The van der Waals surface area contributed by atoms with Crippen LogP contribution in [0.4, 0.5) is 0 Å². The van der Waals surface area contributed by atoms with Gasteiger partial charge in [0.1, 0.15) is 160 Å². The number of hydrogen-bond acceptors (Lipinski definition) is 4. The Morgan fingerprint density at radius 1 is 0.280 bits per heavy atom. The van der Waals surface area contributed by atoms with Crippen molar-refractivity contribution >= 4 is 297 Å². The minimum atomic E-state index is 0.634. The van der Waals surface area contributed by atoms with Crippen LogP contribution in [0.1, 0.15) is 0 Å². The minimum absolute atomic E-state index is 0.634. The number of fused-ring (bicyclic) bond motifs is 6. The molecule has 0 atom stereocenters. The molecule has 0 aliphatic carbocycles. The van der Waals surface area contributed by atoms with Gasteiger partial charge in [-0.2, -0.15) is 0 Å². The van der Waals surface area contributed by atoms with E-state index in [0.717, 1.165) is 66.2 Å². The molecular weight excluding hydrogens is 890 g/mol. The summed E-state index contributed by atoms with van der Waals surface area (Å²) in [6, 6.07) is 28.1. The lowest BCUT2D eigenvalue weighted by Gasteiger charge is -2.25. The van der Waals surface area contributed by atoms with Gasteiger partial charge in [0.2, 0.25) is 0 Å². The maximum Gasteiger partial charge on any atom is 0.164 e. The lowest BCUT2D eigenvalue weighted by Crippen LogP contribution is -2.56. The average molecular weight is 941 g/mol. The fraction of sp³-hybridized carbons (Fsp3) is 0. The first-order chi connectivity index (χ1) is 35.7. The SMILES string of the molecule is Bc1c(B)c(B)c(-n2c3c(B)c(B)c(B)c(B)c3c3c(B)c(B)c(-c4nc(-c5cccc(-c6cccc(-c7ccccc7)c6)c5)nc(-c5c(B)c(B)c6oc7c(B)c(B)c(B)c(B)c7c6c5B)n4)c(B)c32)c(B)c1B. The summed E-state index contributed by atoms with van der Waals surface area (Å²) >= 11 is 0. The van der Waals surface area contributed by atoms with E-state index in [1.807, 2.05) is 0 Å². The molecule has 0 fully saturated rings. The summed E-state index contributed by atoms with van der Waals surface area (Å²) in [7, 11) is 43.2. The van der Waals surface area contributed by atoms with Gasteiger partial charge in [-0.3, -0.25) is 0 Å². The minimum Gasteiger partial charge on any atom is -0.457 e. The topological polar surface area (TPSA) is 56.7 Å². The first-order valence-corrected chi connectivity index (χ1v) is 26.7. The Labute approximate surface area is 458 Å². The highest BCUT2D eigenvalue weighted by molar-refractivity contribution is 6.72. The van der Waals surface area contributed by atoms with Gasteiger partial charge < -0.3 is 8.98 Å². The van der Waals surface area contributed by atoms with Crippen molar-refractivity contribution in [2.75, 3.05) is 0 Å². The molecule has 3 heterocycles. The van der Waals surface area contributed by atoms with Gasteiger partial charge in [-0.1, -0.05) is 154 Å². The summed E-state index contributed by atoms with van der Waals surface area (Å²) < 4.78 is 9.57. The van der Waals surface area contributed by atoms with Gasteiger partial charge in [-0.15, -0.1) is 16.4 Å². The van der Waals surface area contributed by atoms with Crippen molar-refractivity contribution in [3.05, 3.63) is 78.9 Å². The zero-order valence-corrected chi connectivity index (χ0v) is 47.7. The average Bonchev–Trinajstić information content (AvgIpc) is 4.05. The Hall–Kier alpha value is -6.40. The molecule has 24 heteroatoms. The van der Waals surface area contributed by atoms with E-state index < -0.39 is 0 Å². The van der Waals surface area contributed by atoms with Gasteiger partial charge >= 0.3 is 0 Å². The van der Waals surface area contributed by atoms with Crippen molar-refractivity contribution in [2.45, 2.75) is 0 Å². The van der Waals surface area contributed by atoms with Gasteiger partial charge in [-0.25, -0.2) is 15.0 Å². The zero-order chi connectivity index (χ0) is 53.5. The molecule has 8 aromatic carbocycles. The van der Waals surface area contributed by atoms with Crippen LogP contribution in [0, 0.1) is 0 Å². The van der Waals surface area contributed by atoms with E-state index in [1.54, 1.807) is 0 Å². The van der Waals surface area contributed by atoms with Crippen LogP contribution in [-0.2, 0) is 0 Å². The molecule has 0 aliphatic rings. The summed E-state index contributed by atoms with van der Waals surface area (Å²) in [6.45, 7) is 0. The lowest BCUT2D eigenvalue weighted by atomic mass is 9.61. The maximum absolute atomic E-state index is 6.93. The molecule has 338 valence electrons. The van der Waals surface area contributed by atoms with Crippen LogP contribution >= 0.6 is 0 Å². The molecular formula is C51H51B19N4O. The van der Waals surface area contributed by atoms with Gasteiger partial charge in [0.15, 0.2) is 17.5 Å². The van der Waals surface area contributed by atoms with Crippen LogP contribution in [0.2, 0.25) is 0 Å². The lowest BCUT2D eigenvalue weighted by molar-refractivity contribution is 0.675. The molecule has 0 amide bonds. The van der Waals surface area contributed by atoms with Gasteiger partial charge in [-0.05, 0) is 45.2 Å². The number of nitrogens with zero attached hydrogens (tertiary/aromatic N) is 4. The third-order valence-corrected chi connectivity index (χ3v) is 18.7. The Balaban J connectivity index is 1.26. The van der Waals surface area contributed by atoms with Gasteiger partial charge in [0, 0.05) is 44.2 Å². The molecule has 0 saturated carbocycles. The molecule has 0 radical (unpaired) electrons. The van der Waals surface area contributed by atoms with Crippen molar-refractivity contribution in [3.8, 4) is 62.1 Å². The smallest absolute Gasteiger partial charge is 0.164 e. The van der Waals surface area contributed by atoms with Crippen molar-refractivity contribution < 1.29 is 4.42 Å². The molecule has 0 unspecified atom stereocenters. The van der Waals surface area contributed by atoms with Gasteiger partial charge in [0.05, 0.1) is 0 Å². The second kappa shape index (κ2) is 18.4. The van der Waals surface area contributed by atoms with E-state index in [0.29, 0.717) is 17.5 Å². The van der Waals surface area contributed by atoms with E-state index in [9.17, 15) is 0 Å². The van der Waals surface area contributed by atoms with E-state index in [4.69, 9.17) is 19.4 Å². The Morgan fingerprint density at radius 3 is 1.21 bits per heavy atom. The molecule has 5 nitrogen and oxygen atoms in total. The molecule has 0 N–H and O–H groups in total. The summed E-state index contributed by atoms with van der Waals surface area (Å²) in [5.41, 5.74) is 37.1. The number of hydrogen-bond donors (Lipinski definition) is 0. The second-order valence-corrected chi connectivity index (χ2v) is 22.1. The number of aromatic nitrogens is 4. The highest BCUT2D eigenvalue weighted by Crippen LogP contribution is 2.33. The number of rotatable bonds is 6. The van der Waals surface area contributed by atoms with Crippen LogP contribution in [0.5, 0.6) is 0 Å². The molecule has 3 aromatic heterocycles. The zero-order valence-electron chi connectivity index (χ0n) is 47.7. The highest BCUT2D eigenvalue weighted by Gasteiger charge is 2.29. The third kappa shape index (κ3) is 7.45. The van der Waals surface area contributed by atoms with Crippen molar-refractivity contribution in [2.24, 2.45) is 0 Å². The Bertz CT molecular complexity index is 4340. The fourth-order valence-electron chi connectivity index (χ4n) is 12.9. The number of furan rings is 1. The molecule has 0 saturated heterocycles. The molecule has 75 heavy (non-hydrogen) atoms. The highest BCUT2D eigenvalue weighted by atomic mass is 16.3. The molecule has 0 aliphatic heterocycles. The van der Waals surface area contributed by atoms with Crippen molar-refractivity contribution in [3.63, 3.8) is 0 Å². The summed E-state index contributed by atoms with van der Waals surface area (Å²) in [5, 5.41) is 4.95. The van der Waals surface area contributed by atoms with Crippen molar-refractivity contribution in [1.82, 2.24) is 19.5 Å². The van der Waals surface area contributed by atoms with E-state index >= 15 is 0 Å². The van der Waals surface area contributed by atoms with Crippen LogP contribution in [0.25, 0.3) is 106 Å². The molecule has 0 bridgehead atoms. The summed E-state index contributed by atoms with van der Waals surface area (Å²) in [4.78, 5) is 17.0. The third-order valence-electron chi connectivity index (χ3n) is 18.7. The Morgan fingerprint density at radius 2 is 0.640 bits per heavy atom. The van der Waals surface area contributed by atoms with E-state index in [1.165, 1.54) is 126 Å². The molecule has 11 aromatic rings. The quantitative estimate of drug-likeness (QED) is 0.156.